The zero-order valence-corrected chi connectivity index (χ0v) is 13.8. The van der Waals surface area contributed by atoms with Gasteiger partial charge < -0.3 is 5.73 Å². The van der Waals surface area contributed by atoms with E-state index in [9.17, 15) is 14.4 Å². The Balaban J connectivity index is 1.96. The molecule has 0 spiro atoms. The van der Waals surface area contributed by atoms with Crippen molar-refractivity contribution in [3.8, 4) is 6.07 Å². The maximum atomic E-state index is 13.1. The van der Waals surface area contributed by atoms with Crippen LogP contribution in [0.25, 0.3) is 0 Å². The highest BCUT2D eigenvalue weighted by Gasteiger charge is 2.23. The summed E-state index contributed by atoms with van der Waals surface area (Å²) in [5.41, 5.74) is 8.67. The number of pyridine rings is 1. The fraction of sp³-hybridized carbons (Fsp3) is 0.278. The molecular formula is C18H16FN3OS. The molecule has 0 radical (unpaired) electrons. The van der Waals surface area contributed by atoms with E-state index in [0.717, 1.165) is 48.7 Å². The highest BCUT2D eigenvalue weighted by atomic mass is 32.2. The Morgan fingerprint density at radius 1 is 1.29 bits per heavy atom. The van der Waals surface area contributed by atoms with Crippen molar-refractivity contribution < 1.29 is 9.18 Å². The normalized spacial score (nSPS) is 14.5. The van der Waals surface area contributed by atoms with E-state index < -0.39 is 11.2 Å². The fourth-order valence-corrected chi connectivity index (χ4v) is 3.85. The van der Waals surface area contributed by atoms with Crippen molar-refractivity contribution in [1.82, 2.24) is 4.98 Å². The van der Waals surface area contributed by atoms with Gasteiger partial charge in [0, 0.05) is 5.69 Å². The zero-order chi connectivity index (χ0) is 17.1. The lowest BCUT2D eigenvalue weighted by atomic mass is 9.95. The number of halogens is 1. The van der Waals surface area contributed by atoms with Gasteiger partial charge in [0.25, 0.3) is 0 Å². The van der Waals surface area contributed by atoms with E-state index in [1.807, 2.05) is 6.07 Å². The minimum atomic E-state index is -0.716. The number of nitriles is 1. The molecule has 0 saturated carbocycles. The summed E-state index contributed by atoms with van der Waals surface area (Å²) in [5, 5.41) is 9.20. The molecule has 1 unspecified atom stereocenters. The second kappa shape index (κ2) is 7.02. The number of aromatic nitrogens is 1. The molecule has 0 aliphatic heterocycles. The molecule has 3 rings (SSSR count). The van der Waals surface area contributed by atoms with Crippen LogP contribution in [0.5, 0.6) is 0 Å². The van der Waals surface area contributed by atoms with Crippen LogP contribution in [0.1, 0.15) is 40.5 Å². The van der Waals surface area contributed by atoms with Gasteiger partial charge in [-0.25, -0.2) is 9.37 Å². The van der Waals surface area contributed by atoms with Gasteiger partial charge in [-0.15, -0.1) is 0 Å². The predicted octanol–water partition coefficient (Wildman–Crippen LogP) is 3.29. The summed E-state index contributed by atoms with van der Waals surface area (Å²) >= 11 is 1.15. The Kier molecular flexibility index (Phi) is 4.81. The highest BCUT2D eigenvalue weighted by Crippen LogP contribution is 2.37. The maximum absolute atomic E-state index is 13.1. The Morgan fingerprint density at radius 3 is 2.67 bits per heavy atom. The molecule has 24 heavy (non-hydrogen) atoms. The third-order valence-corrected chi connectivity index (χ3v) is 5.32. The molecule has 2 aromatic rings. The maximum Gasteiger partial charge on any atom is 0.235 e. The molecule has 0 bridgehead atoms. The smallest absolute Gasteiger partial charge is 0.235 e. The molecule has 4 nitrogen and oxygen atoms in total. The lowest BCUT2D eigenvalue weighted by molar-refractivity contribution is -0.117. The number of rotatable bonds is 4. The number of thioether (sulfide) groups is 1. The lowest BCUT2D eigenvalue weighted by Gasteiger charge is -2.18. The first-order valence-corrected chi connectivity index (χ1v) is 8.61. The van der Waals surface area contributed by atoms with Gasteiger partial charge >= 0.3 is 0 Å². The summed E-state index contributed by atoms with van der Waals surface area (Å²) in [4.78, 5) is 16.5. The first-order chi connectivity index (χ1) is 11.6. The zero-order valence-electron chi connectivity index (χ0n) is 13.0. The number of hydrogen-bond donors (Lipinski definition) is 1. The Morgan fingerprint density at radius 2 is 2.00 bits per heavy atom. The summed E-state index contributed by atoms with van der Waals surface area (Å²) in [5.74, 6) is -0.924. The molecule has 1 amide bonds. The van der Waals surface area contributed by atoms with Crippen molar-refractivity contribution in [1.29, 1.82) is 5.26 Å². The van der Waals surface area contributed by atoms with Gasteiger partial charge in [-0.1, -0.05) is 23.9 Å². The summed E-state index contributed by atoms with van der Waals surface area (Å²) < 4.78 is 13.1. The second-order valence-corrected chi connectivity index (χ2v) is 6.81. The summed E-state index contributed by atoms with van der Waals surface area (Å²) in [6.45, 7) is 0. The molecule has 1 aliphatic carbocycles. The largest absolute Gasteiger partial charge is 0.368 e. The first kappa shape index (κ1) is 16.5. The number of carbonyl (C=O) groups is 1. The lowest BCUT2D eigenvalue weighted by Crippen LogP contribution is -2.19. The van der Waals surface area contributed by atoms with E-state index in [-0.39, 0.29) is 5.82 Å². The molecule has 0 saturated heterocycles. The van der Waals surface area contributed by atoms with Crippen LogP contribution in [0.2, 0.25) is 0 Å². The summed E-state index contributed by atoms with van der Waals surface area (Å²) in [6.07, 6.45) is 3.99. The van der Waals surface area contributed by atoms with Gasteiger partial charge in [0.15, 0.2) is 0 Å². The molecule has 1 heterocycles. The minimum absolute atomic E-state index is 0.378. The Hall–Kier alpha value is -2.39. The number of nitrogens with zero attached hydrogens (tertiary/aromatic N) is 2. The number of nitrogens with two attached hydrogens (primary N) is 1. The van der Waals surface area contributed by atoms with Crippen molar-refractivity contribution in [2.45, 2.75) is 36.0 Å². The topological polar surface area (TPSA) is 79.8 Å². The SMILES string of the molecule is N#Cc1cc2c(nc1SC(C(N)=O)c1ccc(F)cc1)CCCC2. The standard InChI is InChI=1S/C18H16FN3OS/c19-14-7-5-11(6-8-14)16(17(21)23)24-18-13(10-20)9-12-3-1-2-4-15(12)22-18/h5-9,16H,1-4H2,(H2,21,23). The number of aryl methyl sites for hydroxylation is 2. The second-order valence-electron chi connectivity index (χ2n) is 5.72. The molecule has 0 fully saturated rings. The summed E-state index contributed by atoms with van der Waals surface area (Å²) in [6, 6.07) is 9.66. The van der Waals surface area contributed by atoms with Crippen molar-refractivity contribution in [3.63, 3.8) is 0 Å². The van der Waals surface area contributed by atoms with Gasteiger partial charge in [-0.2, -0.15) is 5.26 Å². The van der Waals surface area contributed by atoms with Crippen LogP contribution < -0.4 is 5.73 Å². The number of primary amides is 1. The molecule has 2 N–H and O–H groups in total. The van der Waals surface area contributed by atoms with Crippen LogP contribution in [0, 0.1) is 17.1 Å². The van der Waals surface area contributed by atoms with E-state index in [1.165, 1.54) is 24.3 Å². The van der Waals surface area contributed by atoms with Crippen LogP contribution in [0.3, 0.4) is 0 Å². The quantitative estimate of drug-likeness (QED) is 0.866. The molecule has 122 valence electrons. The number of benzene rings is 1. The molecule has 1 atom stereocenters. The Labute approximate surface area is 143 Å². The molecular weight excluding hydrogens is 325 g/mol. The van der Waals surface area contributed by atoms with Gasteiger partial charge in [0.1, 0.15) is 22.2 Å². The first-order valence-electron chi connectivity index (χ1n) is 7.73. The van der Waals surface area contributed by atoms with E-state index >= 15 is 0 Å². The molecule has 1 aromatic carbocycles. The van der Waals surface area contributed by atoms with Crippen LogP contribution in [0.4, 0.5) is 4.39 Å². The average Bonchev–Trinajstić information content (AvgIpc) is 2.59. The minimum Gasteiger partial charge on any atom is -0.368 e. The van der Waals surface area contributed by atoms with Gasteiger partial charge in [-0.3, -0.25) is 4.79 Å². The van der Waals surface area contributed by atoms with Crippen LogP contribution in [0.15, 0.2) is 35.4 Å². The molecule has 1 aliphatic rings. The predicted molar refractivity (Wildman–Crippen MR) is 89.8 cm³/mol. The van der Waals surface area contributed by atoms with Gasteiger partial charge in [-0.05, 0) is 55.0 Å². The van der Waals surface area contributed by atoms with Crippen LogP contribution in [-0.2, 0) is 17.6 Å². The average molecular weight is 341 g/mol. The fourth-order valence-electron chi connectivity index (χ4n) is 2.82. The highest BCUT2D eigenvalue weighted by molar-refractivity contribution is 8.00. The van der Waals surface area contributed by atoms with E-state index in [4.69, 9.17) is 5.73 Å². The summed E-state index contributed by atoms with van der Waals surface area (Å²) in [7, 11) is 0. The third-order valence-electron chi connectivity index (χ3n) is 4.05. The van der Waals surface area contributed by atoms with Crippen LogP contribution in [-0.4, -0.2) is 10.9 Å². The number of hydrogen-bond acceptors (Lipinski definition) is 4. The van der Waals surface area contributed by atoms with Crippen molar-refractivity contribution in [2.75, 3.05) is 0 Å². The molecule has 1 aromatic heterocycles. The monoisotopic (exact) mass is 341 g/mol. The van der Waals surface area contributed by atoms with Crippen LogP contribution >= 0.6 is 11.8 Å². The van der Waals surface area contributed by atoms with Crippen molar-refractivity contribution in [3.05, 3.63) is 58.5 Å². The van der Waals surface area contributed by atoms with E-state index in [1.54, 1.807) is 0 Å². The number of amides is 1. The van der Waals surface area contributed by atoms with Gasteiger partial charge in [0.05, 0.1) is 5.56 Å². The molecule has 6 heteroatoms. The third kappa shape index (κ3) is 3.41. The van der Waals surface area contributed by atoms with Crippen molar-refractivity contribution in [2.24, 2.45) is 5.73 Å². The van der Waals surface area contributed by atoms with E-state index in [0.29, 0.717) is 16.2 Å². The van der Waals surface area contributed by atoms with Crippen molar-refractivity contribution >= 4 is 17.7 Å². The Bertz CT molecular complexity index is 814. The number of fused-ring (bicyclic) bond motifs is 1. The van der Waals surface area contributed by atoms with Gasteiger partial charge in [0.2, 0.25) is 5.91 Å². The van der Waals surface area contributed by atoms with E-state index in [2.05, 4.69) is 11.1 Å². The number of carbonyl (C=O) groups excluding carboxylic acids is 1.